The van der Waals surface area contributed by atoms with E-state index in [1.807, 2.05) is 6.92 Å². The number of hydrogen-bond acceptors (Lipinski definition) is 5. The van der Waals surface area contributed by atoms with Gasteiger partial charge in [0.1, 0.15) is 0 Å². The van der Waals surface area contributed by atoms with Gasteiger partial charge in [0.05, 0.1) is 6.61 Å². The lowest BCUT2D eigenvalue weighted by Gasteiger charge is -1.98. The Morgan fingerprint density at radius 1 is 1.31 bits per heavy atom. The minimum atomic E-state index is -1.01. The molecule has 0 aromatic carbocycles. The fourth-order valence-corrected chi connectivity index (χ4v) is 0.532. The molecule has 0 rings (SSSR count). The number of rotatable bonds is 5. The first-order valence-corrected chi connectivity index (χ1v) is 3.91. The van der Waals surface area contributed by atoms with Crippen LogP contribution in [-0.2, 0) is 19.2 Å². The first-order valence-electron chi connectivity index (χ1n) is 3.91. The second-order valence-corrected chi connectivity index (χ2v) is 2.26. The van der Waals surface area contributed by atoms with Gasteiger partial charge >= 0.3 is 11.9 Å². The van der Waals surface area contributed by atoms with Gasteiger partial charge in [-0.15, -0.1) is 0 Å². The van der Waals surface area contributed by atoms with E-state index >= 15 is 0 Å². The summed E-state index contributed by atoms with van der Waals surface area (Å²) in [5.41, 5.74) is 0. The molecule has 0 aromatic rings. The molecule has 74 valence electrons. The second kappa shape index (κ2) is 7.30. The third-order valence-electron chi connectivity index (χ3n) is 1.19. The molecule has 5 nitrogen and oxygen atoms in total. The average Bonchev–Trinajstić information content (AvgIpc) is 2.14. The molecule has 0 radical (unpaired) electrons. The fraction of sp³-hybridized carbons (Fsp3) is 0.500. The Morgan fingerprint density at radius 3 is 2.46 bits per heavy atom. The van der Waals surface area contributed by atoms with Crippen molar-refractivity contribution in [3.05, 3.63) is 12.2 Å². The molecular formula is C8H12O5. The van der Waals surface area contributed by atoms with E-state index in [0.29, 0.717) is 6.61 Å². The lowest BCUT2D eigenvalue weighted by molar-refractivity contribution is -0.228. The molecular weight excluding hydrogens is 176 g/mol. The molecule has 13 heavy (non-hydrogen) atoms. The Balaban J connectivity index is 3.61. The molecule has 0 aromatic heterocycles. The van der Waals surface area contributed by atoms with Gasteiger partial charge in [-0.3, -0.25) is 4.89 Å². The van der Waals surface area contributed by atoms with Crippen molar-refractivity contribution >= 4 is 11.9 Å². The lowest BCUT2D eigenvalue weighted by Crippen LogP contribution is -2.03. The standard InChI is InChI=1S/C8H12O5/c1-2-3-6-12-7(9)4-5-8(10)13-11/h4-5,11H,2-3,6H2,1H3. The summed E-state index contributed by atoms with van der Waals surface area (Å²) in [5.74, 6) is -1.63. The maximum atomic E-state index is 10.7. The molecule has 0 fully saturated rings. The van der Waals surface area contributed by atoms with E-state index in [9.17, 15) is 9.59 Å². The highest BCUT2D eigenvalue weighted by atomic mass is 17.1. The maximum absolute atomic E-state index is 10.7. The Bertz CT molecular complexity index is 197. The highest BCUT2D eigenvalue weighted by Gasteiger charge is 1.98. The quantitative estimate of drug-likeness (QED) is 0.228. The SMILES string of the molecule is CCCCOC(=O)C=CC(=O)OO. The molecule has 1 N–H and O–H groups in total. The molecule has 0 atom stereocenters. The molecule has 0 heterocycles. The topological polar surface area (TPSA) is 72.8 Å². The largest absolute Gasteiger partial charge is 0.463 e. The molecule has 0 saturated heterocycles. The van der Waals surface area contributed by atoms with E-state index in [1.54, 1.807) is 0 Å². The Morgan fingerprint density at radius 2 is 1.92 bits per heavy atom. The number of carbonyl (C=O) groups is 2. The molecule has 0 aliphatic carbocycles. The van der Waals surface area contributed by atoms with E-state index < -0.39 is 11.9 Å². The van der Waals surface area contributed by atoms with Gasteiger partial charge in [0.2, 0.25) is 0 Å². The molecule has 0 unspecified atom stereocenters. The van der Waals surface area contributed by atoms with Gasteiger partial charge in [0, 0.05) is 12.2 Å². The van der Waals surface area contributed by atoms with E-state index in [-0.39, 0.29) is 0 Å². The molecule has 0 bridgehead atoms. The van der Waals surface area contributed by atoms with E-state index in [1.165, 1.54) is 0 Å². The van der Waals surface area contributed by atoms with Crippen molar-refractivity contribution in [1.82, 2.24) is 0 Å². The van der Waals surface area contributed by atoms with Gasteiger partial charge < -0.3 is 4.74 Å². The molecule has 0 amide bonds. The monoisotopic (exact) mass is 188 g/mol. The minimum absolute atomic E-state index is 0.327. The smallest absolute Gasteiger partial charge is 0.365 e. The molecule has 0 spiro atoms. The van der Waals surface area contributed by atoms with Gasteiger partial charge in [-0.25, -0.2) is 9.59 Å². The lowest BCUT2D eigenvalue weighted by atomic mass is 10.4. The van der Waals surface area contributed by atoms with Crippen LogP contribution in [0.2, 0.25) is 0 Å². The normalized spacial score (nSPS) is 10.0. The first kappa shape index (κ1) is 11.6. The summed E-state index contributed by atoms with van der Waals surface area (Å²) in [5, 5.41) is 7.81. The van der Waals surface area contributed by atoms with Gasteiger partial charge in [-0.2, -0.15) is 5.26 Å². The fourth-order valence-electron chi connectivity index (χ4n) is 0.532. The number of hydrogen-bond donors (Lipinski definition) is 1. The summed E-state index contributed by atoms with van der Waals surface area (Å²) in [4.78, 5) is 24.3. The second-order valence-electron chi connectivity index (χ2n) is 2.26. The van der Waals surface area contributed by atoms with Crippen LogP contribution in [0.4, 0.5) is 0 Å². The highest BCUT2D eigenvalue weighted by molar-refractivity contribution is 5.91. The van der Waals surface area contributed by atoms with Crippen LogP contribution in [0, 0.1) is 0 Å². The molecule has 5 heteroatoms. The van der Waals surface area contributed by atoms with Gasteiger partial charge in [-0.05, 0) is 6.42 Å². The van der Waals surface area contributed by atoms with Crippen molar-refractivity contribution in [2.75, 3.05) is 6.61 Å². The maximum Gasteiger partial charge on any atom is 0.365 e. The molecule has 0 saturated carbocycles. The zero-order valence-corrected chi connectivity index (χ0v) is 7.36. The third-order valence-corrected chi connectivity index (χ3v) is 1.19. The van der Waals surface area contributed by atoms with Gasteiger partial charge in [0.15, 0.2) is 0 Å². The van der Waals surface area contributed by atoms with Gasteiger partial charge in [-0.1, -0.05) is 13.3 Å². The van der Waals surface area contributed by atoms with Crippen molar-refractivity contribution < 1.29 is 24.5 Å². The number of ether oxygens (including phenoxy) is 1. The predicted octanol–water partition coefficient (Wildman–Crippen LogP) is 0.902. The first-order chi connectivity index (χ1) is 6.20. The van der Waals surface area contributed by atoms with Crippen molar-refractivity contribution in [1.29, 1.82) is 0 Å². The third kappa shape index (κ3) is 7.02. The number of unbranched alkanes of at least 4 members (excludes halogenated alkanes) is 1. The zero-order valence-electron chi connectivity index (χ0n) is 7.36. The average molecular weight is 188 g/mol. The minimum Gasteiger partial charge on any atom is -0.463 e. The summed E-state index contributed by atoms with van der Waals surface area (Å²) in [6, 6.07) is 0. The highest BCUT2D eigenvalue weighted by Crippen LogP contribution is 1.89. The Labute approximate surface area is 75.9 Å². The van der Waals surface area contributed by atoms with Crippen molar-refractivity contribution in [2.24, 2.45) is 0 Å². The van der Waals surface area contributed by atoms with Gasteiger partial charge in [0.25, 0.3) is 0 Å². The predicted molar refractivity (Wildman–Crippen MR) is 43.7 cm³/mol. The van der Waals surface area contributed by atoms with Crippen LogP contribution in [0.25, 0.3) is 0 Å². The van der Waals surface area contributed by atoms with Crippen LogP contribution < -0.4 is 0 Å². The Hall–Kier alpha value is -1.36. The van der Waals surface area contributed by atoms with E-state index in [0.717, 1.165) is 25.0 Å². The van der Waals surface area contributed by atoms with Crippen LogP contribution in [-0.4, -0.2) is 23.8 Å². The summed E-state index contributed by atoms with van der Waals surface area (Å²) in [6.07, 6.45) is 3.39. The van der Waals surface area contributed by atoms with Crippen LogP contribution in [0.5, 0.6) is 0 Å². The van der Waals surface area contributed by atoms with Crippen LogP contribution in [0.15, 0.2) is 12.2 Å². The summed E-state index contributed by atoms with van der Waals surface area (Å²) >= 11 is 0. The van der Waals surface area contributed by atoms with E-state index in [2.05, 4.69) is 9.62 Å². The van der Waals surface area contributed by atoms with Crippen molar-refractivity contribution in [3.8, 4) is 0 Å². The van der Waals surface area contributed by atoms with Crippen LogP contribution in [0.1, 0.15) is 19.8 Å². The molecule has 0 aliphatic heterocycles. The molecule has 0 aliphatic rings. The summed E-state index contributed by atoms with van der Waals surface area (Å²) in [6.45, 7) is 2.29. The number of carbonyl (C=O) groups excluding carboxylic acids is 2. The Kier molecular flexibility index (Phi) is 6.53. The van der Waals surface area contributed by atoms with Crippen molar-refractivity contribution in [3.63, 3.8) is 0 Å². The van der Waals surface area contributed by atoms with E-state index in [4.69, 9.17) is 5.26 Å². The zero-order chi connectivity index (χ0) is 10.1. The summed E-state index contributed by atoms with van der Waals surface area (Å²) in [7, 11) is 0. The van der Waals surface area contributed by atoms with Crippen LogP contribution >= 0.6 is 0 Å². The number of esters is 1. The van der Waals surface area contributed by atoms with Crippen LogP contribution in [0.3, 0.4) is 0 Å². The summed E-state index contributed by atoms with van der Waals surface area (Å²) < 4.78 is 4.66. The van der Waals surface area contributed by atoms with Crippen molar-refractivity contribution in [2.45, 2.75) is 19.8 Å².